The molecule has 0 unspecified atom stereocenters. The predicted octanol–water partition coefficient (Wildman–Crippen LogP) is 2.50. The third-order valence-electron chi connectivity index (χ3n) is 7.05. The first-order chi connectivity index (χ1) is 16.1. The van der Waals surface area contributed by atoms with E-state index in [4.69, 9.17) is 9.47 Å². The molecule has 0 aromatic heterocycles. The van der Waals surface area contributed by atoms with Gasteiger partial charge in [0.2, 0.25) is 11.8 Å². The maximum Gasteiger partial charge on any atom is 0.256 e. The molecule has 186 valence electrons. The highest BCUT2D eigenvalue weighted by Gasteiger charge is 2.54. The van der Waals surface area contributed by atoms with Crippen LogP contribution in [-0.2, 0) is 19.1 Å². The Morgan fingerprint density at radius 2 is 1.91 bits per heavy atom. The molecule has 3 saturated heterocycles. The van der Waals surface area contributed by atoms with Crippen molar-refractivity contribution < 1.29 is 23.9 Å². The molecule has 1 aromatic carbocycles. The lowest BCUT2D eigenvalue weighted by Crippen LogP contribution is -2.60. The highest BCUT2D eigenvalue weighted by Crippen LogP contribution is 2.39. The molecule has 1 aromatic rings. The van der Waals surface area contributed by atoms with E-state index in [9.17, 15) is 14.4 Å². The fourth-order valence-corrected chi connectivity index (χ4v) is 5.16. The fraction of sp³-hybridized carbons (Fsp3) is 0.654. The van der Waals surface area contributed by atoms with Gasteiger partial charge in [-0.1, -0.05) is 38.5 Å². The monoisotopic (exact) mass is 471 g/mol. The van der Waals surface area contributed by atoms with Gasteiger partial charge in [0.15, 0.2) is 0 Å². The Balaban J connectivity index is 1.55. The predicted molar refractivity (Wildman–Crippen MR) is 127 cm³/mol. The minimum atomic E-state index is -0.901. The van der Waals surface area contributed by atoms with Crippen LogP contribution in [0.5, 0.6) is 0 Å². The van der Waals surface area contributed by atoms with Crippen molar-refractivity contribution in [2.24, 2.45) is 5.41 Å². The van der Waals surface area contributed by atoms with E-state index in [-0.39, 0.29) is 30.4 Å². The molecular weight excluding hydrogens is 434 g/mol. The second-order valence-electron chi connectivity index (χ2n) is 10.7. The zero-order chi connectivity index (χ0) is 24.5. The number of benzene rings is 1. The minimum Gasteiger partial charge on any atom is -0.376 e. The van der Waals surface area contributed by atoms with E-state index in [2.05, 4.69) is 5.32 Å². The van der Waals surface area contributed by atoms with E-state index in [1.54, 1.807) is 11.0 Å². The van der Waals surface area contributed by atoms with Crippen LogP contribution in [0.4, 0.5) is 0 Å². The molecule has 34 heavy (non-hydrogen) atoms. The molecule has 3 aliphatic heterocycles. The first kappa shape index (κ1) is 24.7. The Labute approximate surface area is 201 Å². The van der Waals surface area contributed by atoms with Crippen molar-refractivity contribution in [3.8, 4) is 0 Å². The number of rotatable bonds is 4. The fourth-order valence-electron chi connectivity index (χ4n) is 5.16. The van der Waals surface area contributed by atoms with Crippen LogP contribution in [0.1, 0.15) is 62.4 Å². The Bertz CT molecular complexity index is 927. The molecule has 1 spiro atoms. The second-order valence-corrected chi connectivity index (χ2v) is 10.7. The van der Waals surface area contributed by atoms with Crippen LogP contribution in [-0.4, -0.2) is 78.2 Å². The molecule has 2 atom stereocenters. The Hall–Kier alpha value is -2.45. The van der Waals surface area contributed by atoms with E-state index >= 15 is 0 Å². The normalized spacial score (nSPS) is 24.5. The van der Waals surface area contributed by atoms with E-state index in [1.165, 1.54) is 0 Å². The van der Waals surface area contributed by atoms with Crippen LogP contribution < -0.4 is 5.32 Å². The lowest BCUT2D eigenvalue weighted by molar-refractivity contribution is -0.150. The van der Waals surface area contributed by atoms with E-state index < -0.39 is 17.2 Å². The molecule has 8 nitrogen and oxygen atoms in total. The number of nitrogens with one attached hydrogen (secondary N) is 1. The molecule has 0 saturated carbocycles. The zero-order valence-corrected chi connectivity index (χ0v) is 20.8. The van der Waals surface area contributed by atoms with Gasteiger partial charge in [-0.05, 0) is 31.9 Å². The molecule has 3 aliphatic rings. The van der Waals surface area contributed by atoms with Gasteiger partial charge in [-0.25, -0.2) is 0 Å². The summed E-state index contributed by atoms with van der Waals surface area (Å²) in [5, 5.41) is 2.98. The van der Waals surface area contributed by atoms with Crippen molar-refractivity contribution in [1.29, 1.82) is 0 Å². The van der Waals surface area contributed by atoms with Crippen LogP contribution in [0.2, 0.25) is 0 Å². The van der Waals surface area contributed by atoms with Gasteiger partial charge in [0.25, 0.3) is 5.91 Å². The van der Waals surface area contributed by atoms with Crippen LogP contribution in [0.25, 0.3) is 0 Å². The lowest BCUT2D eigenvalue weighted by atomic mass is 9.91. The van der Waals surface area contributed by atoms with Crippen LogP contribution in [0.15, 0.2) is 24.3 Å². The molecule has 0 aliphatic carbocycles. The van der Waals surface area contributed by atoms with Gasteiger partial charge in [-0.15, -0.1) is 0 Å². The topological polar surface area (TPSA) is 88.2 Å². The molecule has 3 fully saturated rings. The van der Waals surface area contributed by atoms with Gasteiger partial charge < -0.3 is 19.7 Å². The number of aryl methyl sites for hydroxylation is 1. The molecule has 0 radical (unpaired) electrons. The summed E-state index contributed by atoms with van der Waals surface area (Å²) in [6.45, 7) is 9.93. The lowest BCUT2D eigenvalue weighted by Gasteiger charge is -2.45. The molecule has 8 heteroatoms. The van der Waals surface area contributed by atoms with Crippen LogP contribution >= 0.6 is 0 Å². The van der Waals surface area contributed by atoms with Gasteiger partial charge in [-0.3, -0.25) is 19.3 Å². The molecule has 3 heterocycles. The molecule has 4 rings (SSSR count). The highest BCUT2D eigenvalue weighted by molar-refractivity contribution is 5.98. The van der Waals surface area contributed by atoms with Crippen molar-refractivity contribution >= 4 is 17.7 Å². The summed E-state index contributed by atoms with van der Waals surface area (Å²) in [6.07, 6.45) is 2.89. The number of likely N-dealkylation sites (tertiary alicyclic amines) is 1. The van der Waals surface area contributed by atoms with Crippen LogP contribution in [0.3, 0.4) is 0 Å². The van der Waals surface area contributed by atoms with Crippen molar-refractivity contribution in [3.63, 3.8) is 0 Å². The highest BCUT2D eigenvalue weighted by atomic mass is 16.5. The molecule has 1 N–H and O–H groups in total. The zero-order valence-electron chi connectivity index (χ0n) is 20.8. The number of hydrogen-bond acceptors (Lipinski definition) is 5. The van der Waals surface area contributed by atoms with E-state index in [0.29, 0.717) is 38.0 Å². The summed E-state index contributed by atoms with van der Waals surface area (Å²) in [5.41, 5.74) is 0.143. The Morgan fingerprint density at radius 3 is 2.53 bits per heavy atom. The largest absolute Gasteiger partial charge is 0.376 e. The molecule has 3 amide bonds. The summed E-state index contributed by atoms with van der Waals surface area (Å²) >= 11 is 0. The standard InChI is InChI=1S/C26H37N3O5/c1-18-7-5-8-19(15-18)23(31)29-21(22(30)27-16-20-9-6-14-33-20)17-34-26(29)10-12-28(13-11-26)24(32)25(2,3)4/h5,7-8,15,20-21H,6,9-14,16-17H2,1-4H3,(H,27,30)/t20-,21+/m1/s1. The number of piperidine rings is 1. The molecular formula is C26H37N3O5. The number of carbonyl (C=O) groups excluding carboxylic acids is 3. The number of ether oxygens (including phenoxy) is 2. The third kappa shape index (κ3) is 4.98. The first-order valence-corrected chi connectivity index (χ1v) is 12.3. The summed E-state index contributed by atoms with van der Waals surface area (Å²) in [6, 6.07) is 6.69. The minimum absolute atomic E-state index is 0.0211. The van der Waals surface area contributed by atoms with Gasteiger partial charge in [0, 0.05) is 50.1 Å². The maximum atomic E-state index is 13.8. The second kappa shape index (κ2) is 9.66. The van der Waals surface area contributed by atoms with Crippen molar-refractivity contribution in [1.82, 2.24) is 15.1 Å². The summed E-state index contributed by atoms with van der Waals surface area (Å²) in [4.78, 5) is 43.3. The van der Waals surface area contributed by atoms with Gasteiger partial charge in [0.1, 0.15) is 11.8 Å². The average Bonchev–Trinajstić information content (AvgIpc) is 3.45. The quantitative estimate of drug-likeness (QED) is 0.729. The van der Waals surface area contributed by atoms with Gasteiger partial charge in [0.05, 0.1) is 12.7 Å². The first-order valence-electron chi connectivity index (χ1n) is 12.3. The SMILES string of the molecule is Cc1cccc(C(=O)N2[C@H](C(=O)NC[C@H]3CCCO3)COC23CCN(C(=O)C(C)(C)C)CC3)c1. The summed E-state index contributed by atoms with van der Waals surface area (Å²) in [5.74, 6) is -0.349. The number of carbonyl (C=O) groups is 3. The van der Waals surface area contributed by atoms with Crippen molar-refractivity contribution in [2.45, 2.75) is 71.2 Å². The van der Waals surface area contributed by atoms with Crippen molar-refractivity contribution in [3.05, 3.63) is 35.4 Å². The number of nitrogens with zero attached hydrogens (tertiary/aromatic N) is 2. The summed E-state index contributed by atoms with van der Waals surface area (Å²) < 4.78 is 11.9. The van der Waals surface area contributed by atoms with Crippen LogP contribution in [0, 0.1) is 12.3 Å². The van der Waals surface area contributed by atoms with E-state index in [0.717, 1.165) is 25.0 Å². The Morgan fingerprint density at radius 1 is 1.18 bits per heavy atom. The summed E-state index contributed by atoms with van der Waals surface area (Å²) in [7, 11) is 0. The smallest absolute Gasteiger partial charge is 0.256 e. The average molecular weight is 472 g/mol. The van der Waals surface area contributed by atoms with Gasteiger partial charge in [-0.2, -0.15) is 0 Å². The molecule has 0 bridgehead atoms. The Kier molecular flexibility index (Phi) is 7.01. The van der Waals surface area contributed by atoms with Gasteiger partial charge >= 0.3 is 0 Å². The maximum absolute atomic E-state index is 13.8. The van der Waals surface area contributed by atoms with Crippen molar-refractivity contribution in [2.75, 3.05) is 32.8 Å². The number of amides is 3. The van der Waals surface area contributed by atoms with E-state index in [1.807, 2.05) is 50.8 Å². The third-order valence-corrected chi connectivity index (χ3v) is 7.05. The number of hydrogen-bond donors (Lipinski definition) is 1.